The monoisotopic (exact) mass is 366 g/mol. The number of hydrogen-bond acceptors (Lipinski definition) is 4. The molecule has 3 N–H and O–H groups in total. The molecule has 3 rings (SSSR count). The van der Waals surface area contributed by atoms with Crippen molar-refractivity contribution in [1.29, 1.82) is 0 Å². The largest absolute Gasteiger partial charge is 0.384 e. The van der Waals surface area contributed by atoms with Crippen molar-refractivity contribution in [2.24, 2.45) is 0 Å². The molecule has 0 unspecified atom stereocenters. The summed E-state index contributed by atoms with van der Waals surface area (Å²) in [5.74, 6) is -0.170. The van der Waals surface area contributed by atoms with Crippen LogP contribution in [0, 0.1) is 0 Å². The molecular formula is C21H26N4O2. The van der Waals surface area contributed by atoms with Gasteiger partial charge in [0.05, 0.1) is 6.54 Å². The van der Waals surface area contributed by atoms with Crippen LogP contribution in [0.4, 0.5) is 17.1 Å². The molecular weight excluding hydrogens is 340 g/mol. The molecule has 0 bridgehead atoms. The Morgan fingerprint density at radius 2 is 1.78 bits per heavy atom. The van der Waals surface area contributed by atoms with Crippen LogP contribution in [-0.2, 0) is 22.6 Å². The smallest absolute Gasteiger partial charge is 0.238 e. The number of likely N-dealkylation sites (N-methyl/N-ethyl adjacent to an activating group) is 1. The number of anilines is 3. The number of amides is 2. The molecule has 0 saturated carbocycles. The maximum absolute atomic E-state index is 12.4. The third-order valence-corrected chi connectivity index (χ3v) is 4.63. The summed E-state index contributed by atoms with van der Waals surface area (Å²) < 4.78 is 0. The Labute approximate surface area is 159 Å². The lowest BCUT2D eigenvalue weighted by Crippen LogP contribution is -2.33. The zero-order chi connectivity index (χ0) is 19.2. The Bertz CT molecular complexity index is 817. The van der Waals surface area contributed by atoms with Crippen molar-refractivity contribution >= 4 is 28.9 Å². The third kappa shape index (κ3) is 5.08. The fraction of sp³-hybridized carbons (Fsp3) is 0.333. The van der Waals surface area contributed by atoms with Crippen molar-refractivity contribution in [3.05, 3.63) is 53.6 Å². The molecule has 27 heavy (non-hydrogen) atoms. The first-order valence-corrected chi connectivity index (χ1v) is 9.29. The maximum atomic E-state index is 12.4. The third-order valence-electron chi connectivity index (χ3n) is 4.63. The van der Waals surface area contributed by atoms with E-state index in [2.05, 4.69) is 46.0 Å². The van der Waals surface area contributed by atoms with Crippen LogP contribution in [0.1, 0.15) is 25.0 Å². The minimum atomic E-state index is -0.118. The van der Waals surface area contributed by atoms with Gasteiger partial charge in [-0.3, -0.25) is 14.5 Å². The molecule has 1 heterocycles. The van der Waals surface area contributed by atoms with Crippen LogP contribution in [0.3, 0.4) is 0 Å². The Hall–Kier alpha value is -2.86. The van der Waals surface area contributed by atoms with Gasteiger partial charge >= 0.3 is 0 Å². The highest BCUT2D eigenvalue weighted by atomic mass is 16.2. The van der Waals surface area contributed by atoms with Gasteiger partial charge in [0.2, 0.25) is 11.8 Å². The Balaban J connectivity index is 1.57. The number of nitrogens with zero attached hydrogens (tertiary/aromatic N) is 1. The standard InChI is InChI=1S/C21H26N4O2/c1-3-25(13-17-6-4-5-16-11-12-22-21(16)17)14-20(27)24-19-9-7-18(8-10-19)23-15(2)26/h4-10,22H,3,11-14H2,1-2H3,(H,23,26)(H,24,27). The molecule has 0 saturated heterocycles. The van der Waals surface area contributed by atoms with Gasteiger partial charge in [-0.25, -0.2) is 0 Å². The van der Waals surface area contributed by atoms with E-state index in [4.69, 9.17) is 0 Å². The van der Waals surface area contributed by atoms with Gasteiger partial charge in [0.25, 0.3) is 0 Å². The van der Waals surface area contributed by atoms with E-state index in [9.17, 15) is 9.59 Å². The van der Waals surface area contributed by atoms with E-state index in [0.29, 0.717) is 17.9 Å². The average Bonchev–Trinajstić information content (AvgIpc) is 3.12. The van der Waals surface area contributed by atoms with Crippen LogP contribution in [-0.4, -0.2) is 36.3 Å². The lowest BCUT2D eigenvalue weighted by Gasteiger charge is -2.21. The van der Waals surface area contributed by atoms with Crippen LogP contribution in [0.15, 0.2) is 42.5 Å². The SMILES string of the molecule is CCN(CC(=O)Nc1ccc(NC(C)=O)cc1)Cc1cccc2c1NCC2. The van der Waals surface area contributed by atoms with Gasteiger partial charge in [0, 0.05) is 37.1 Å². The number of nitrogens with one attached hydrogen (secondary N) is 3. The summed E-state index contributed by atoms with van der Waals surface area (Å²) in [4.78, 5) is 25.6. The molecule has 0 aliphatic carbocycles. The average molecular weight is 366 g/mol. The van der Waals surface area contributed by atoms with Gasteiger partial charge in [0.15, 0.2) is 0 Å². The van der Waals surface area contributed by atoms with E-state index < -0.39 is 0 Å². The normalized spacial score (nSPS) is 12.4. The molecule has 1 aliphatic rings. The second-order valence-corrected chi connectivity index (χ2v) is 6.74. The fourth-order valence-corrected chi connectivity index (χ4v) is 3.31. The molecule has 0 atom stereocenters. The van der Waals surface area contributed by atoms with Crippen LogP contribution in [0.5, 0.6) is 0 Å². The predicted molar refractivity (Wildman–Crippen MR) is 109 cm³/mol. The van der Waals surface area contributed by atoms with Crippen LogP contribution in [0.2, 0.25) is 0 Å². The number of hydrogen-bond donors (Lipinski definition) is 3. The maximum Gasteiger partial charge on any atom is 0.238 e. The van der Waals surface area contributed by atoms with Gasteiger partial charge in [0.1, 0.15) is 0 Å². The molecule has 1 aliphatic heterocycles. The van der Waals surface area contributed by atoms with Crippen molar-refractivity contribution in [2.45, 2.75) is 26.8 Å². The van der Waals surface area contributed by atoms with Crippen molar-refractivity contribution < 1.29 is 9.59 Å². The van der Waals surface area contributed by atoms with Gasteiger partial charge in [-0.2, -0.15) is 0 Å². The predicted octanol–water partition coefficient (Wildman–Crippen LogP) is 3.07. The highest BCUT2D eigenvalue weighted by Crippen LogP contribution is 2.27. The first-order chi connectivity index (χ1) is 13.0. The second-order valence-electron chi connectivity index (χ2n) is 6.74. The summed E-state index contributed by atoms with van der Waals surface area (Å²) in [6.07, 6.45) is 1.06. The molecule has 2 aromatic carbocycles. The quantitative estimate of drug-likeness (QED) is 0.704. The Morgan fingerprint density at radius 3 is 2.44 bits per heavy atom. The van der Waals surface area contributed by atoms with Crippen molar-refractivity contribution in [1.82, 2.24) is 4.90 Å². The molecule has 0 radical (unpaired) electrons. The van der Waals surface area contributed by atoms with Crippen molar-refractivity contribution in [3.8, 4) is 0 Å². The van der Waals surface area contributed by atoms with E-state index in [-0.39, 0.29) is 11.8 Å². The van der Waals surface area contributed by atoms with E-state index in [0.717, 1.165) is 26.1 Å². The Kier molecular flexibility index (Phi) is 6.08. The zero-order valence-electron chi connectivity index (χ0n) is 15.8. The van der Waals surface area contributed by atoms with Gasteiger partial charge in [-0.05, 0) is 48.4 Å². The molecule has 6 heteroatoms. The molecule has 2 amide bonds. The van der Waals surface area contributed by atoms with E-state index in [1.54, 1.807) is 24.3 Å². The van der Waals surface area contributed by atoms with Crippen molar-refractivity contribution in [3.63, 3.8) is 0 Å². The van der Waals surface area contributed by atoms with Crippen molar-refractivity contribution in [2.75, 3.05) is 35.6 Å². The van der Waals surface area contributed by atoms with E-state index >= 15 is 0 Å². The van der Waals surface area contributed by atoms with E-state index in [1.165, 1.54) is 23.7 Å². The minimum absolute atomic E-state index is 0.0512. The number of para-hydroxylation sites is 1. The summed E-state index contributed by atoms with van der Waals surface area (Å²) in [5.41, 5.74) is 5.24. The lowest BCUT2D eigenvalue weighted by molar-refractivity contribution is -0.117. The zero-order valence-corrected chi connectivity index (χ0v) is 15.8. The number of rotatable bonds is 7. The van der Waals surface area contributed by atoms with Crippen LogP contribution < -0.4 is 16.0 Å². The highest BCUT2D eigenvalue weighted by Gasteiger charge is 2.16. The number of fused-ring (bicyclic) bond motifs is 1. The lowest BCUT2D eigenvalue weighted by atomic mass is 10.1. The summed E-state index contributed by atoms with van der Waals surface area (Å²) in [6.45, 7) is 6.36. The summed E-state index contributed by atoms with van der Waals surface area (Å²) >= 11 is 0. The van der Waals surface area contributed by atoms with Gasteiger partial charge in [-0.1, -0.05) is 25.1 Å². The number of carbonyl (C=O) groups excluding carboxylic acids is 2. The van der Waals surface area contributed by atoms with Gasteiger partial charge < -0.3 is 16.0 Å². The highest BCUT2D eigenvalue weighted by molar-refractivity contribution is 5.93. The van der Waals surface area contributed by atoms with Gasteiger partial charge in [-0.15, -0.1) is 0 Å². The molecule has 2 aromatic rings. The number of benzene rings is 2. The minimum Gasteiger partial charge on any atom is -0.384 e. The van der Waals surface area contributed by atoms with E-state index in [1.807, 2.05) is 0 Å². The fourth-order valence-electron chi connectivity index (χ4n) is 3.31. The first-order valence-electron chi connectivity index (χ1n) is 9.29. The Morgan fingerprint density at radius 1 is 1.07 bits per heavy atom. The van der Waals surface area contributed by atoms with Crippen LogP contribution >= 0.6 is 0 Å². The summed E-state index contributed by atoms with van der Waals surface area (Å²) in [6, 6.07) is 13.5. The van der Waals surface area contributed by atoms with Crippen LogP contribution in [0.25, 0.3) is 0 Å². The molecule has 142 valence electrons. The first kappa shape index (κ1) is 18.9. The number of carbonyl (C=O) groups is 2. The molecule has 0 fully saturated rings. The second kappa shape index (κ2) is 8.68. The summed E-state index contributed by atoms with van der Waals surface area (Å²) in [7, 11) is 0. The molecule has 6 nitrogen and oxygen atoms in total. The molecule has 0 aromatic heterocycles. The summed E-state index contributed by atoms with van der Waals surface area (Å²) in [5, 5.41) is 9.08. The topological polar surface area (TPSA) is 73.5 Å². The molecule has 0 spiro atoms.